The van der Waals surface area contributed by atoms with Gasteiger partial charge in [-0.1, -0.05) is 6.92 Å². The van der Waals surface area contributed by atoms with Gasteiger partial charge in [-0.2, -0.15) is 4.98 Å². The van der Waals surface area contributed by atoms with Crippen LogP contribution in [-0.2, 0) is 16.6 Å². The molecule has 0 spiro atoms. The minimum absolute atomic E-state index is 0.369. The third kappa shape index (κ3) is 5.32. The number of aryl methyl sites for hydroxylation is 2. The quantitative estimate of drug-likeness (QED) is 0.354. The summed E-state index contributed by atoms with van der Waals surface area (Å²) >= 11 is 0. The lowest BCUT2D eigenvalue weighted by molar-refractivity contribution is 0.502. The fraction of sp³-hybridized carbons (Fsp3) is 0.227. The van der Waals surface area contributed by atoms with Crippen LogP contribution < -0.4 is 21.1 Å². The second-order valence-electron chi connectivity index (χ2n) is 7.63. The van der Waals surface area contributed by atoms with E-state index in [2.05, 4.69) is 25.3 Å². The molecule has 2 aromatic heterocycles. The van der Waals surface area contributed by atoms with Crippen molar-refractivity contribution >= 4 is 50.0 Å². The molecule has 4 rings (SSSR count). The van der Waals surface area contributed by atoms with E-state index >= 15 is 0 Å². The van der Waals surface area contributed by atoms with Crippen molar-refractivity contribution in [3.63, 3.8) is 0 Å². The van der Waals surface area contributed by atoms with Crippen LogP contribution in [0, 0.1) is 6.92 Å². The van der Waals surface area contributed by atoms with Gasteiger partial charge in [-0.05, 0) is 55.8 Å². The predicted octanol–water partition coefficient (Wildman–Crippen LogP) is 3.96. The van der Waals surface area contributed by atoms with Gasteiger partial charge in [0.25, 0.3) is 0 Å². The molecule has 0 bridgehead atoms. The Kier molecular flexibility index (Phi) is 6.05. The third-order valence-electron chi connectivity index (χ3n) is 4.79. The zero-order chi connectivity index (χ0) is 23.6. The van der Waals surface area contributed by atoms with Gasteiger partial charge in [0.05, 0.1) is 11.8 Å². The number of rotatable bonds is 8. The van der Waals surface area contributed by atoms with E-state index in [0.29, 0.717) is 35.3 Å². The van der Waals surface area contributed by atoms with Gasteiger partial charge in [0, 0.05) is 35.4 Å². The monoisotopic (exact) mass is 468 g/mol. The zero-order valence-electron chi connectivity index (χ0n) is 18.4. The van der Waals surface area contributed by atoms with Crippen molar-refractivity contribution in [1.29, 1.82) is 0 Å². The van der Waals surface area contributed by atoms with Gasteiger partial charge in [-0.3, -0.25) is 9.29 Å². The summed E-state index contributed by atoms with van der Waals surface area (Å²) in [7, 11) is -3.34. The molecule has 0 fully saturated rings. The molecule has 0 saturated heterocycles. The maximum atomic E-state index is 12.1. The molecule has 4 aromatic rings. The highest BCUT2D eigenvalue weighted by molar-refractivity contribution is 7.92. The van der Waals surface area contributed by atoms with Crippen LogP contribution >= 0.6 is 0 Å². The summed E-state index contributed by atoms with van der Waals surface area (Å²) in [6.45, 7) is 4.47. The second kappa shape index (κ2) is 8.94. The van der Waals surface area contributed by atoms with Crippen LogP contribution in [0.4, 0.5) is 28.8 Å². The fourth-order valence-corrected chi connectivity index (χ4v) is 3.87. The highest BCUT2D eigenvalue weighted by atomic mass is 32.2. The van der Waals surface area contributed by atoms with E-state index in [0.717, 1.165) is 29.4 Å². The number of benzene rings is 2. The van der Waals surface area contributed by atoms with Crippen LogP contribution in [0.1, 0.15) is 18.9 Å². The van der Waals surface area contributed by atoms with Gasteiger partial charge in [0.15, 0.2) is 5.58 Å². The molecule has 3 N–H and O–H groups in total. The van der Waals surface area contributed by atoms with Crippen molar-refractivity contribution < 1.29 is 12.8 Å². The number of hydrogen-bond acceptors (Lipinski definition) is 8. The SMILES string of the molecule is CCCn1c(=O)oc2ccc(Nc3nc(Nc4ccc(NS(C)(=O)=O)cc4)ncc3C)cc21. The van der Waals surface area contributed by atoms with Crippen molar-refractivity contribution in [2.45, 2.75) is 26.8 Å². The van der Waals surface area contributed by atoms with Gasteiger partial charge < -0.3 is 15.1 Å². The molecule has 0 aliphatic heterocycles. The lowest BCUT2D eigenvalue weighted by Gasteiger charge is -2.12. The summed E-state index contributed by atoms with van der Waals surface area (Å²) in [5.74, 6) is 0.612. The molecule has 172 valence electrons. The van der Waals surface area contributed by atoms with Crippen LogP contribution in [0.5, 0.6) is 0 Å². The number of anilines is 5. The van der Waals surface area contributed by atoms with Crippen molar-refractivity contribution in [3.05, 3.63) is 64.8 Å². The number of nitrogens with one attached hydrogen (secondary N) is 3. The van der Waals surface area contributed by atoms with Gasteiger partial charge in [-0.25, -0.2) is 18.2 Å². The number of aromatic nitrogens is 3. The van der Waals surface area contributed by atoms with E-state index < -0.39 is 10.0 Å². The first-order valence-corrected chi connectivity index (χ1v) is 12.2. The van der Waals surface area contributed by atoms with Crippen LogP contribution in [0.15, 0.2) is 57.9 Å². The molecule has 0 aliphatic carbocycles. The highest BCUT2D eigenvalue weighted by Crippen LogP contribution is 2.24. The van der Waals surface area contributed by atoms with Gasteiger partial charge >= 0.3 is 5.76 Å². The molecule has 0 unspecified atom stereocenters. The Morgan fingerprint density at radius 3 is 2.42 bits per heavy atom. The Bertz CT molecular complexity index is 1460. The normalized spacial score (nSPS) is 11.5. The number of hydrogen-bond donors (Lipinski definition) is 3. The molecule has 0 atom stereocenters. The molecular formula is C22H24N6O4S. The first kappa shape index (κ1) is 22.3. The Labute approximate surface area is 190 Å². The van der Waals surface area contributed by atoms with Crippen LogP contribution in [-0.4, -0.2) is 29.2 Å². The molecular weight excluding hydrogens is 444 g/mol. The Balaban J connectivity index is 1.55. The molecule has 0 radical (unpaired) electrons. The van der Waals surface area contributed by atoms with Crippen LogP contribution in [0.25, 0.3) is 11.1 Å². The number of nitrogens with zero attached hydrogens (tertiary/aromatic N) is 3. The highest BCUT2D eigenvalue weighted by Gasteiger charge is 2.11. The smallest absolute Gasteiger partial charge is 0.408 e. The van der Waals surface area contributed by atoms with E-state index in [4.69, 9.17) is 4.42 Å². The van der Waals surface area contributed by atoms with Gasteiger partial charge in [-0.15, -0.1) is 0 Å². The molecule has 33 heavy (non-hydrogen) atoms. The van der Waals surface area contributed by atoms with Crippen LogP contribution in [0.2, 0.25) is 0 Å². The average Bonchev–Trinajstić information content (AvgIpc) is 3.06. The van der Waals surface area contributed by atoms with Crippen molar-refractivity contribution in [1.82, 2.24) is 14.5 Å². The average molecular weight is 469 g/mol. The fourth-order valence-electron chi connectivity index (χ4n) is 3.31. The van der Waals surface area contributed by atoms with Crippen molar-refractivity contribution in [2.75, 3.05) is 21.6 Å². The molecule has 0 saturated carbocycles. The molecule has 2 heterocycles. The Hall–Kier alpha value is -3.86. The third-order valence-corrected chi connectivity index (χ3v) is 5.40. The molecule has 2 aromatic carbocycles. The van der Waals surface area contributed by atoms with Crippen LogP contribution in [0.3, 0.4) is 0 Å². The van der Waals surface area contributed by atoms with E-state index in [1.165, 1.54) is 0 Å². The number of sulfonamides is 1. The van der Waals surface area contributed by atoms with E-state index in [-0.39, 0.29) is 5.76 Å². The Morgan fingerprint density at radius 2 is 1.73 bits per heavy atom. The van der Waals surface area contributed by atoms with Gasteiger partial charge in [0.1, 0.15) is 5.82 Å². The second-order valence-corrected chi connectivity index (χ2v) is 9.38. The summed E-state index contributed by atoms with van der Waals surface area (Å²) in [4.78, 5) is 20.9. The topological polar surface area (TPSA) is 131 Å². The molecule has 0 amide bonds. The van der Waals surface area contributed by atoms with E-state index in [9.17, 15) is 13.2 Å². The maximum Gasteiger partial charge on any atom is 0.419 e. The van der Waals surface area contributed by atoms with Crippen molar-refractivity contribution in [3.8, 4) is 0 Å². The number of oxazole rings is 1. The molecule has 10 nitrogen and oxygen atoms in total. The van der Waals surface area contributed by atoms with E-state index in [1.807, 2.05) is 26.0 Å². The lowest BCUT2D eigenvalue weighted by atomic mass is 10.2. The largest absolute Gasteiger partial charge is 0.419 e. The maximum absolute atomic E-state index is 12.1. The standard InChI is InChI=1S/C22H24N6O4S/c1-4-11-28-18-12-17(9-10-19(18)32-22(28)29)24-20-14(2)13-23-21(26-20)25-15-5-7-16(8-6-15)27-33(3,30)31/h5-10,12-13,27H,4,11H2,1-3H3,(H2,23,24,25,26). The summed E-state index contributed by atoms with van der Waals surface area (Å²) in [5, 5.41) is 6.39. The number of fused-ring (bicyclic) bond motifs is 1. The summed E-state index contributed by atoms with van der Waals surface area (Å²) in [6.07, 6.45) is 3.61. The molecule has 0 aliphatic rings. The summed E-state index contributed by atoms with van der Waals surface area (Å²) in [5.41, 5.74) is 4.02. The minimum atomic E-state index is -3.34. The Morgan fingerprint density at radius 1 is 1.03 bits per heavy atom. The lowest BCUT2D eigenvalue weighted by Crippen LogP contribution is -2.13. The predicted molar refractivity (Wildman–Crippen MR) is 129 cm³/mol. The van der Waals surface area contributed by atoms with E-state index in [1.54, 1.807) is 41.1 Å². The first-order valence-electron chi connectivity index (χ1n) is 10.3. The van der Waals surface area contributed by atoms with Gasteiger partial charge in [0.2, 0.25) is 16.0 Å². The summed E-state index contributed by atoms with van der Waals surface area (Å²) in [6, 6.07) is 12.2. The first-order chi connectivity index (χ1) is 15.7. The molecule has 11 heteroatoms. The minimum Gasteiger partial charge on any atom is -0.408 e. The van der Waals surface area contributed by atoms with Crippen molar-refractivity contribution in [2.24, 2.45) is 0 Å². The summed E-state index contributed by atoms with van der Waals surface area (Å²) < 4.78 is 32.0. The zero-order valence-corrected chi connectivity index (χ0v) is 19.2.